The maximum Gasteiger partial charge on any atom is 0.241 e. The Hall–Kier alpha value is -1.37. The summed E-state index contributed by atoms with van der Waals surface area (Å²) in [6.45, 7) is 4.87. The molecule has 1 aromatic heterocycles. The Labute approximate surface area is 101 Å². The van der Waals surface area contributed by atoms with E-state index in [1.807, 2.05) is 6.92 Å². The van der Waals surface area contributed by atoms with Crippen LogP contribution in [0.4, 0.5) is 0 Å². The smallest absolute Gasteiger partial charge is 0.241 e. The van der Waals surface area contributed by atoms with E-state index in [2.05, 4.69) is 15.5 Å². The van der Waals surface area contributed by atoms with Crippen LogP contribution >= 0.6 is 0 Å². The summed E-state index contributed by atoms with van der Waals surface area (Å²) >= 11 is 0. The summed E-state index contributed by atoms with van der Waals surface area (Å²) in [5.41, 5.74) is 1.69. The van der Waals surface area contributed by atoms with Gasteiger partial charge in [-0.25, -0.2) is 8.42 Å². The van der Waals surface area contributed by atoms with Crippen LogP contribution in [0.3, 0.4) is 0 Å². The lowest BCUT2D eigenvalue weighted by Crippen LogP contribution is -2.47. The topological polar surface area (TPSA) is 91.9 Å². The Kier molecular flexibility index (Phi) is 3.61. The van der Waals surface area contributed by atoms with Gasteiger partial charge in [0, 0.05) is 24.1 Å². The number of aromatic nitrogens is 2. The molecule has 2 N–H and O–H groups in total. The summed E-state index contributed by atoms with van der Waals surface area (Å²) in [6.07, 6.45) is 2.65. The molecule has 0 radical (unpaired) electrons. The van der Waals surface area contributed by atoms with E-state index in [1.165, 1.54) is 13.8 Å². The number of aryl methyl sites for hydroxylation is 1. The Bertz CT molecular complexity index is 517. The van der Waals surface area contributed by atoms with E-state index in [-0.39, 0.29) is 6.54 Å². The van der Waals surface area contributed by atoms with Gasteiger partial charge in [-0.3, -0.25) is 9.89 Å². The van der Waals surface area contributed by atoms with Gasteiger partial charge < -0.3 is 5.32 Å². The molecule has 0 saturated heterocycles. The van der Waals surface area contributed by atoms with Crippen molar-refractivity contribution in [2.45, 2.75) is 32.1 Å². The number of carbonyl (C=O) groups excluding carboxylic acids is 1. The highest BCUT2D eigenvalue weighted by Gasteiger charge is 2.38. The van der Waals surface area contributed by atoms with Crippen LogP contribution in [0, 0.1) is 6.92 Å². The van der Waals surface area contributed by atoms with Crippen LogP contribution in [0.2, 0.25) is 0 Å². The number of amides is 1. The van der Waals surface area contributed by atoms with E-state index in [0.29, 0.717) is 0 Å². The molecule has 1 aromatic rings. The number of hydrogen-bond acceptors (Lipinski definition) is 4. The number of sulfone groups is 1. The first-order valence-electron chi connectivity index (χ1n) is 5.13. The van der Waals surface area contributed by atoms with Crippen molar-refractivity contribution in [2.75, 3.05) is 6.26 Å². The lowest BCUT2D eigenvalue weighted by molar-refractivity contribution is -0.123. The molecule has 0 atom stereocenters. The molecule has 0 unspecified atom stereocenters. The fourth-order valence-electron chi connectivity index (χ4n) is 1.11. The quantitative estimate of drug-likeness (QED) is 0.805. The molecular weight excluding hydrogens is 242 g/mol. The monoisotopic (exact) mass is 259 g/mol. The van der Waals surface area contributed by atoms with Crippen LogP contribution in [-0.4, -0.2) is 35.5 Å². The summed E-state index contributed by atoms with van der Waals surface area (Å²) in [4.78, 5) is 11.8. The fourth-order valence-corrected chi connectivity index (χ4v) is 1.52. The van der Waals surface area contributed by atoms with E-state index in [0.717, 1.165) is 17.5 Å². The van der Waals surface area contributed by atoms with Crippen LogP contribution in [0.5, 0.6) is 0 Å². The third kappa shape index (κ3) is 2.85. The summed E-state index contributed by atoms with van der Waals surface area (Å²) in [6, 6.07) is 0. The largest absolute Gasteiger partial charge is 0.351 e. The first kappa shape index (κ1) is 13.7. The Morgan fingerprint density at radius 2 is 2.12 bits per heavy atom. The molecule has 0 aromatic carbocycles. The van der Waals surface area contributed by atoms with Crippen molar-refractivity contribution in [2.24, 2.45) is 0 Å². The zero-order valence-electron chi connectivity index (χ0n) is 10.4. The number of aromatic amines is 1. The maximum absolute atomic E-state index is 11.8. The molecule has 0 aliphatic rings. The number of nitrogens with zero attached hydrogens (tertiary/aromatic N) is 1. The van der Waals surface area contributed by atoms with E-state index in [1.54, 1.807) is 6.20 Å². The summed E-state index contributed by atoms with van der Waals surface area (Å²) < 4.78 is 21.5. The molecule has 1 heterocycles. The molecule has 0 aliphatic carbocycles. The molecule has 0 spiro atoms. The number of rotatable bonds is 4. The van der Waals surface area contributed by atoms with Gasteiger partial charge in [-0.05, 0) is 20.8 Å². The van der Waals surface area contributed by atoms with Crippen LogP contribution in [0.1, 0.15) is 25.1 Å². The molecular formula is C10H17N3O3S. The van der Waals surface area contributed by atoms with Crippen molar-refractivity contribution in [3.8, 4) is 0 Å². The second-order valence-corrected chi connectivity index (χ2v) is 7.05. The standard InChI is InChI=1S/C10H17N3O3S/c1-7-8(6-12-13-7)5-11-9(14)10(2,3)17(4,15)16/h6H,5H2,1-4H3,(H,11,14)(H,12,13). The van der Waals surface area contributed by atoms with E-state index >= 15 is 0 Å². The third-order valence-electron chi connectivity index (χ3n) is 2.85. The summed E-state index contributed by atoms with van der Waals surface area (Å²) in [5.74, 6) is -0.513. The number of nitrogens with one attached hydrogen (secondary N) is 2. The van der Waals surface area contributed by atoms with Gasteiger partial charge in [-0.15, -0.1) is 0 Å². The minimum atomic E-state index is -3.44. The van der Waals surface area contributed by atoms with E-state index in [4.69, 9.17) is 0 Å². The van der Waals surface area contributed by atoms with Crippen molar-refractivity contribution in [1.82, 2.24) is 15.5 Å². The minimum Gasteiger partial charge on any atom is -0.351 e. The van der Waals surface area contributed by atoms with Crippen LogP contribution < -0.4 is 5.32 Å². The molecule has 7 heteroatoms. The molecule has 0 fully saturated rings. The molecule has 0 aliphatic heterocycles. The molecule has 1 rings (SSSR count). The number of carbonyl (C=O) groups is 1. The van der Waals surface area contributed by atoms with Crippen LogP contribution in [0.15, 0.2) is 6.20 Å². The van der Waals surface area contributed by atoms with Gasteiger partial charge in [0.1, 0.15) is 4.75 Å². The minimum absolute atomic E-state index is 0.264. The molecule has 96 valence electrons. The molecule has 6 nitrogen and oxygen atoms in total. The SMILES string of the molecule is Cc1[nH]ncc1CNC(=O)C(C)(C)S(C)(=O)=O. The van der Waals surface area contributed by atoms with Gasteiger partial charge in [0.2, 0.25) is 5.91 Å². The summed E-state index contributed by atoms with van der Waals surface area (Å²) in [7, 11) is -3.44. The zero-order chi connectivity index (χ0) is 13.3. The van der Waals surface area contributed by atoms with Gasteiger partial charge in [0.05, 0.1) is 6.20 Å². The fraction of sp³-hybridized carbons (Fsp3) is 0.600. The zero-order valence-corrected chi connectivity index (χ0v) is 11.2. The molecule has 17 heavy (non-hydrogen) atoms. The molecule has 0 bridgehead atoms. The maximum atomic E-state index is 11.8. The van der Waals surface area contributed by atoms with Crippen molar-refractivity contribution >= 4 is 15.7 Å². The second-order valence-electron chi connectivity index (χ2n) is 4.49. The highest BCUT2D eigenvalue weighted by atomic mass is 32.2. The highest BCUT2D eigenvalue weighted by molar-refractivity contribution is 7.92. The Balaban J connectivity index is 2.72. The molecule has 1 amide bonds. The van der Waals surface area contributed by atoms with Crippen molar-refractivity contribution in [3.63, 3.8) is 0 Å². The van der Waals surface area contributed by atoms with Crippen molar-refractivity contribution in [1.29, 1.82) is 0 Å². The van der Waals surface area contributed by atoms with Gasteiger partial charge in [-0.2, -0.15) is 5.10 Å². The molecule has 0 saturated carbocycles. The normalized spacial score (nSPS) is 12.5. The predicted octanol–water partition coefficient (Wildman–Crippen LogP) is 0.158. The van der Waals surface area contributed by atoms with Crippen LogP contribution in [0.25, 0.3) is 0 Å². The van der Waals surface area contributed by atoms with Crippen molar-refractivity contribution < 1.29 is 13.2 Å². The third-order valence-corrected chi connectivity index (χ3v) is 4.89. The average Bonchev–Trinajstić information content (AvgIpc) is 2.58. The van der Waals surface area contributed by atoms with E-state index in [9.17, 15) is 13.2 Å². The van der Waals surface area contributed by atoms with Gasteiger partial charge in [-0.1, -0.05) is 0 Å². The number of hydrogen-bond donors (Lipinski definition) is 2. The number of H-pyrrole nitrogens is 1. The van der Waals surface area contributed by atoms with Crippen molar-refractivity contribution in [3.05, 3.63) is 17.5 Å². The van der Waals surface area contributed by atoms with Gasteiger partial charge >= 0.3 is 0 Å². The lowest BCUT2D eigenvalue weighted by atomic mass is 10.2. The highest BCUT2D eigenvalue weighted by Crippen LogP contribution is 2.15. The van der Waals surface area contributed by atoms with Gasteiger partial charge in [0.25, 0.3) is 0 Å². The Morgan fingerprint density at radius 3 is 2.53 bits per heavy atom. The first-order valence-corrected chi connectivity index (χ1v) is 7.02. The van der Waals surface area contributed by atoms with Gasteiger partial charge in [0.15, 0.2) is 9.84 Å². The van der Waals surface area contributed by atoms with E-state index < -0.39 is 20.5 Å². The predicted molar refractivity (Wildman–Crippen MR) is 64.1 cm³/mol. The van der Waals surface area contributed by atoms with Crippen LogP contribution in [-0.2, 0) is 21.2 Å². The first-order chi connectivity index (χ1) is 7.66. The Morgan fingerprint density at radius 1 is 1.53 bits per heavy atom. The lowest BCUT2D eigenvalue weighted by Gasteiger charge is -2.21. The average molecular weight is 259 g/mol. The summed E-state index contributed by atoms with van der Waals surface area (Å²) in [5, 5.41) is 9.15. The second kappa shape index (κ2) is 4.48.